The maximum atomic E-state index is 11.8. The molecule has 0 amide bonds. The van der Waals surface area contributed by atoms with Crippen molar-refractivity contribution in [2.75, 3.05) is 13.7 Å². The number of Topliss-reactive ketones (excluding diaryl/α,β-unsaturated/α-hetero) is 1. The first kappa shape index (κ1) is 12.7. The fraction of sp³-hybridized carbons (Fsp3) is 0.462. The molecule has 0 aliphatic rings. The van der Waals surface area contributed by atoms with Gasteiger partial charge in [-0.1, -0.05) is 6.92 Å². The summed E-state index contributed by atoms with van der Waals surface area (Å²) in [6.07, 6.45) is 0.528. The van der Waals surface area contributed by atoms with Gasteiger partial charge in [-0.3, -0.25) is 4.79 Å². The highest BCUT2D eigenvalue weighted by molar-refractivity contribution is 5.96. The van der Waals surface area contributed by atoms with Crippen LogP contribution >= 0.6 is 0 Å². The molecule has 0 aromatic heterocycles. The summed E-state index contributed by atoms with van der Waals surface area (Å²) in [4.78, 5) is 11.8. The molecule has 3 heteroatoms. The van der Waals surface area contributed by atoms with Crippen molar-refractivity contribution in [1.82, 2.24) is 5.32 Å². The minimum atomic E-state index is 0.163. The van der Waals surface area contributed by atoms with Crippen molar-refractivity contribution in [2.24, 2.45) is 0 Å². The molecule has 1 aromatic carbocycles. The average molecular weight is 221 g/mol. The molecule has 1 aromatic rings. The standard InChI is InChI=1S/C13H19NO2/c1-4-14-10(2)9-13(15)11-5-7-12(16-3)8-6-11/h5-8,10,14H,4,9H2,1-3H3. The van der Waals surface area contributed by atoms with Crippen molar-refractivity contribution < 1.29 is 9.53 Å². The maximum Gasteiger partial charge on any atom is 0.164 e. The van der Waals surface area contributed by atoms with Gasteiger partial charge in [-0.2, -0.15) is 0 Å². The number of ether oxygens (including phenoxy) is 1. The monoisotopic (exact) mass is 221 g/mol. The third-order valence-corrected chi connectivity index (χ3v) is 2.46. The summed E-state index contributed by atoms with van der Waals surface area (Å²) in [6, 6.07) is 7.45. The number of nitrogens with one attached hydrogen (secondary N) is 1. The Morgan fingerprint density at radius 2 is 2.00 bits per heavy atom. The van der Waals surface area contributed by atoms with Gasteiger partial charge in [-0.15, -0.1) is 0 Å². The van der Waals surface area contributed by atoms with E-state index in [9.17, 15) is 4.79 Å². The molecule has 0 saturated carbocycles. The van der Waals surface area contributed by atoms with Crippen LogP contribution in [0.4, 0.5) is 0 Å². The largest absolute Gasteiger partial charge is 0.497 e. The number of methoxy groups -OCH3 is 1. The van der Waals surface area contributed by atoms with Gasteiger partial charge in [-0.05, 0) is 37.7 Å². The highest BCUT2D eigenvalue weighted by atomic mass is 16.5. The van der Waals surface area contributed by atoms with E-state index in [1.54, 1.807) is 19.2 Å². The Balaban J connectivity index is 2.59. The molecule has 0 fully saturated rings. The number of carbonyl (C=O) groups excluding carboxylic acids is 1. The highest BCUT2D eigenvalue weighted by Gasteiger charge is 2.10. The molecular weight excluding hydrogens is 202 g/mol. The Morgan fingerprint density at radius 3 is 2.50 bits per heavy atom. The van der Waals surface area contributed by atoms with Gasteiger partial charge in [0.05, 0.1) is 7.11 Å². The molecule has 0 bridgehead atoms. The molecule has 0 radical (unpaired) electrons. The van der Waals surface area contributed by atoms with E-state index in [0.29, 0.717) is 6.42 Å². The van der Waals surface area contributed by atoms with Gasteiger partial charge >= 0.3 is 0 Å². The van der Waals surface area contributed by atoms with E-state index < -0.39 is 0 Å². The molecular formula is C13H19NO2. The molecule has 0 heterocycles. The van der Waals surface area contributed by atoms with Crippen molar-refractivity contribution in [3.8, 4) is 5.75 Å². The summed E-state index contributed by atoms with van der Waals surface area (Å²) in [5.74, 6) is 0.937. The first-order valence-electron chi connectivity index (χ1n) is 5.58. The third-order valence-electron chi connectivity index (χ3n) is 2.46. The molecule has 0 aliphatic heterocycles. The molecule has 1 rings (SSSR count). The second-order valence-corrected chi connectivity index (χ2v) is 3.81. The number of hydrogen-bond donors (Lipinski definition) is 1. The minimum Gasteiger partial charge on any atom is -0.497 e. The van der Waals surface area contributed by atoms with E-state index in [-0.39, 0.29) is 11.8 Å². The molecule has 1 N–H and O–H groups in total. The van der Waals surface area contributed by atoms with E-state index in [4.69, 9.17) is 4.74 Å². The SMILES string of the molecule is CCNC(C)CC(=O)c1ccc(OC)cc1. The summed E-state index contributed by atoms with van der Waals surface area (Å²) >= 11 is 0. The number of hydrogen-bond acceptors (Lipinski definition) is 3. The van der Waals surface area contributed by atoms with E-state index >= 15 is 0 Å². The van der Waals surface area contributed by atoms with Crippen molar-refractivity contribution in [1.29, 1.82) is 0 Å². The van der Waals surface area contributed by atoms with Crippen LogP contribution in [0, 0.1) is 0 Å². The van der Waals surface area contributed by atoms with Gasteiger partial charge in [0, 0.05) is 18.0 Å². The Kier molecular flexibility index (Phi) is 4.99. The summed E-state index contributed by atoms with van der Waals surface area (Å²) in [6.45, 7) is 4.94. The lowest BCUT2D eigenvalue weighted by Gasteiger charge is -2.11. The van der Waals surface area contributed by atoms with Crippen molar-refractivity contribution in [3.05, 3.63) is 29.8 Å². The normalized spacial score (nSPS) is 12.2. The first-order valence-corrected chi connectivity index (χ1v) is 5.58. The van der Waals surface area contributed by atoms with Gasteiger partial charge in [0.2, 0.25) is 0 Å². The van der Waals surface area contributed by atoms with E-state index in [1.807, 2.05) is 26.0 Å². The predicted octanol–water partition coefficient (Wildman–Crippen LogP) is 2.27. The van der Waals surface area contributed by atoms with Crippen LogP contribution in [0.25, 0.3) is 0 Å². The summed E-state index contributed by atoms with van der Waals surface area (Å²) in [5, 5.41) is 3.22. The molecule has 16 heavy (non-hydrogen) atoms. The lowest BCUT2D eigenvalue weighted by molar-refractivity contribution is 0.0972. The lowest BCUT2D eigenvalue weighted by Crippen LogP contribution is -2.28. The minimum absolute atomic E-state index is 0.163. The Morgan fingerprint density at radius 1 is 1.38 bits per heavy atom. The molecule has 0 spiro atoms. The van der Waals surface area contributed by atoms with Gasteiger partial charge in [0.15, 0.2) is 5.78 Å². The average Bonchev–Trinajstić information content (AvgIpc) is 2.29. The number of carbonyl (C=O) groups is 1. The highest BCUT2D eigenvalue weighted by Crippen LogP contribution is 2.13. The Labute approximate surface area is 96.8 Å². The Hall–Kier alpha value is -1.35. The molecule has 0 saturated heterocycles. The van der Waals surface area contributed by atoms with Crippen molar-refractivity contribution in [3.63, 3.8) is 0 Å². The third kappa shape index (κ3) is 3.66. The number of rotatable bonds is 6. The topological polar surface area (TPSA) is 38.3 Å². The van der Waals surface area contributed by atoms with E-state index in [1.165, 1.54) is 0 Å². The van der Waals surface area contributed by atoms with Gasteiger partial charge in [0.1, 0.15) is 5.75 Å². The molecule has 1 unspecified atom stereocenters. The zero-order valence-electron chi connectivity index (χ0n) is 10.1. The van der Waals surface area contributed by atoms with Crippen LogP contribution in [0.5, 0.6) is 5.75 Å². The zero-order valence-corrected chi connectivity index (χ0v) is 10.1. The second kappa shape index (κ2) is 6.28. The van der Waals surface area contributed by atoms with E-state index in [0.717, 1.165) is 17.9 Å². The van der Waals surface area contributed by atoms with Crippen LogP contribution in [0.2, 0.25) is 0 Å². The summed E-state index contributed by atoms with van der Waals surface area (Å²) < 4.78 is 5.04. The molecule has 3 nitrogen and oxygen atoms in total. The smallest absolute Gasteiger partial charge is 0.164 e. The van der Waals surface area contributed by atoms with Crippen LogP contribution in [0.15, 0.2) is 24.3 Å². The lowest BCUT2D eigenvalue weighted by atomic mass is 10.0. The molecule has 0 aliphatic carbocycles. The maximum absolute atomic E-state index is 11.8. The Bertz CT molecular complexity index is 332. The van der Waals surface area contributed by atoms with Gasteiger partial charge in [-0.25, -0.2) is 0 Å². The first-order chi connectivity index (χ1) is 7.67. The van der Waals surface area contributed by atoms with Gasteiger partial charge < -0.3 is 10.1 Å². The van der Waals surface area contributed by atoms with Crippen molar-refractivity contribution >= 4 is 5.78 Å². The number of benzene rings is 1. The number of ketones is 1. The van der Waals surface area contributed by atoms with Gasteiger partial charge in [0.25, 0.3) is 0 Å². The van der Waals surface area contributed by atoms with Crippen LogP contribution in [0.1, 0.15) is 30.6 Å². The van der Waals surface area contributed by atoms with Crippen LogP contribution in [-0.2, 0) is 0 Å². The fourth-order valence-electron chi connectivity index (χ4n) is 1.59. The van der Waals surface area contributed by atoms with Crippen LogP contribution in [-0.4, -0.2) is 25.5 Å². The zero-order chi connectivity index (χ0) is 12.0. The predicted molar refractivity (Wildman–Crippen MR) is 65.1 cm³/mol. The molecule has 88 valence electrons. The van der Waals surface area contributed by atoms with Crippen molar-refractivity contribution in [2.45, 2.75) is 26.3 Å². The summed E-state index contributed by atoms with van der Waals surface area (Å²) in [5.41, 5.74) is 0.741. The van der Waals surface area contributed by atoms with Crippen LogP contribution in [0.3, 0.4) is 0 Å². The summed E-state index contributed by atoms with van der Waals surface area (Å²) in [7, 11) is 1.62. The molecule has 1 atom stereocenters. The fourth-order valence-corrected chi connectivity index (χ4v) is 1.59. The quantitative estimate of drug-likeness (QED) is 0.749. The van der Waals surface area contributed by atoms with Crippen LogP contribution < -0.4 is 10.1 Å². The second-order valence-electron chi connectivity index (χ2n) is 3.81. The van der Waals surface area contributed by atoms with E-state index in [2.05, 4.69) is 5.32 Å².